The molecule has 0 aliphatic carbocycles. The molecule has 1 heterocycles. The van der Waals surface area contributed by atoms with E-state index in [0.29, 0.717) is 21.5 Å². The van der Waals surface area contributed by atoms with Crippen molar-refractivity contribution in [2.75, 3.05) is 0 Å². The quantitative estimate of drug-likeness (QED) is 0.305. The van der Waals surface area contributed by atoms with Crippen LogP contribution in [-0.4, -0.2) is 9.84 Å². The normalized spacial score (nSPS) is 11.3. The average Bonchev–Trinajstić information content (AvgIpc) is 2.28. The molecule has 15 heavy (non-hydrogen) atoms. The molecule has 0 atom stereocenters. The predicted molar refractivity (Wildman–Crippen MR) is 53.1 cm³/mol. The Morgan fingerprint density at radius 2 is 2.13 bits per heavy atom. The lowest BCUT2D eigenvalue weighted by Gasteiger charge is -2.00. The van der Waals surface area contributed by atoms with Crippen molar-refractivity contribution in [3.63, 3.8) is 0 Å². The molecule has 0 saturated heterocycles. The van der Waals surface area contributed by atoms with Crippen LogP contribution in [0.25, 0.3) is 10.9 Å². The standard InChI is InChI=1S/C10H6N4O/c11-7-13-14(15)10-5-6-12-9-4-2-1-3-8(9)10/h1-6H. The van der Waals surface area contributed by atoms with E-state index < -0.39 is 0 Å². The maximum Gasteiger partial charge on any atom is 0.274 e. The fourth-order valence-electron chi connectivity index (χ4n) is 1.34. The maximum atomic E-state index is 11.4. The van der Waals surface area contributed by atoms with Crippen LogP contribution < -0.4 is 0 Å². The molecule has 2 rings (SSSR count). The minimum Gasteiger partial charge on any atom is -0.593 e. The summed E-state index contributed by atoms with van der Waals surface area (Å²) in [7, 11) is 0. The smallest absolute Gasteiger partial charge is 0.274 e. The molecule has 0 amide bonds. The second-order valence-electron chi connectivity index (χ2n) is 2.82. The number of hydrogen-bond donors (Lipinski definition) is 0. The van der Waals surface area contributed by atoms with Gasteiger partial charge in [-0.1, -0.05) is 12.1 Å². The van der Waals surface area contributed by atoms with Crippen LogP contribution in [0.15, 0.2) is 41.6 Å². The number of fused-ring (bicyclic) bond motifs is 1. The molecule has 1 aromatic heterocycles. The Morgan fingerprint density at radius 3 is 2.93 bits per heavy atom. The van der Waals surface area contributed by atoms with Gasteiger partial charge in [-0.3, -0.25) is 4.98 Å². The lowest BCUT2D eigenvalue weighted by Crippen LogP contribution is -1.92. The number of benzene rings is 1. The Labute approximate surface area is 85.5 Å². The lowest BCUT2D eigenvalue weighted by molar-refractivity contribution is -0.433. The van der Waals surface area contributed by atoms with Gasteiger partial charge in [0.05, 0.1) is 16.0 Å². The summed E-state index contributed by atoms with van der Waals surface area (Å²) < 4.78 is 0. The number of pyridine rings is 1. The summed E-state index contributed by atoms with van der Waals surface area (Å²) in [6.45, 7) is 0. The van der Waals surface area contributed by atoms with Gasteiger partial charge in [0.1, 0.15) is 0 Å². The van der Waals surface area contributed by atoms with E-state index in [2.05, 4.69) is 10.1 Å². The van der Waals surface area contributed by atoms with Gasteiger partial charge in [-0.05, 0) is 17.0 Å². The maximum absolute atomic E-state index is 11.4. The zero-order chi connectivity index (χ0) is 10.7. The van der Waals surface area contributed by atoms with E-state index >= 15 is 0 Å². The van der Waals surface area contributed by atoms with Crippen LogP contribution in [-0.2, 0) is 0 Å². The number of rotatable bonds is 1. The molecule has 0 aliphatic heterocycles. The van der Waals surface area contributed by atoms with E-state index in [4.69, 9.17) is 5.26 Å². The lowest BCUT2D eigenvalue weighted by atomic mass is 10.2. The Morgan fingerprint density at radius 1 is 1.33 bits per heavy atom. The Hall–Kier alpha value is -2.48. The number of para-hydroxylation sites is 1. The Balaban J connectivity index is 2.72. The van der Waals surface area contributed by atoms with Gasteiger partial charge >= 0.3 is 0 Å². The van der Waals surface area contributed by atoms with Crippen LogP contribution in [0.2, 0.25) is 0 Å². The monoisotopic (exact) mass is 198 g/mol. The molecule has 5 nitrogen and oxygen atoms in total. The molecule has 0 aliphatic rings. The van der Waals surface area contributed by atoms with Crippen molar-refractivity contribution in [2.45, 2.75) is 0 Å². The first-order valence-electron chi connectivity index (χ1n) is 4.23. The van der Waals surface area contributed by atoms with E-state index in [0.717, 1.165) is 0 Å². The van der Waals surface area contributed by atoms with Crippen LogP contribution in [0.5, 0.6) is 0 Å². The van der Waals surface area contributed by atoms with Crippen molar-refractivity contribution in [1.29, 1.82) is 5.26 Å². The molecule has 1 aromatic carbocycles. The summed E-state index contributed by atoms with van der Waals surface area (Å²) in [5, 5.41) is 23.4. The second kappa shape index (κ2) is 3.72. The van der Waals surface area contributed by atoms with Gasteiger partial charge in [0, 0.05) is 12.3 Å². The van der Waals surface area contributed by atoms with Crippen molar-refractivity contribution in [1.82, 2.24) is 4.98 Å². The summed E-state index contributed by atoms with van der Waals surface area (Å²) in [5.74, 6) is 0. The molecule has 0 bridgehead atoms. The summed E-state index contributed by atoms with van der Waals surface area (Å²) in [4.78, 5) is 4.39. The number of nitriles is 1. The molecule has 0 fully saturated rings. The third-order valence-electron chi connectivity index (χ3n) is 1.97. The highest BCUT2D eigenvalue weighted by atomic mass is 16.5. The zero-order valence-corrected chi connectivity index (χ0v) is 7.66. The Bertz CT molecular complexity index is 566. The fraction of sp³-hybridized carbons (Fsp3) is 0. The SMILES string of the molecule is N#CN=[N+]([O-])c1ccnc2ccccc12. The van der Waals surface area contributed by atoms with Crippen LogP contribution in [0.4, 0.5) is 5.69 Å². The van der Waals surface area contributed by atoms with Gasteiger partial charge in [-0.25, -0.2) is 0 Å². The highest BCUT2D eigenvalue weighted by Crippen LogP contribution is 2.23. The molecular weight excluding hydrogens is 192 g/mol. The van der Waals surface area contributed by atoms with Crippen LogP contribution in [0.1, 0.15) is 0 Å². The highest BCUT2D eigenvalue weighted by molar-refractivity contribution is 5.87. The van der Waals surface area contributed by atoms with Gasteiger partial charge in [-0.2, -0.15) is 5.26 Å². The summed E-state index contributed by atoms with van der Waals surface area (Å²) in [6, 6.07) is 8.70. The minimum atomic E-state index is 0.296. The number of azo groups is 1. The first-order valence-corrected chi connectivity index (χ1v) is 4.23. The van der Waals surface area contributed by atoms with Gasteiger partial charge in [0.15, 0.2) is 0 Å². The van der Waals surface area contributed by atoms with E-state index in [1.54, 1.807) is 18.2 Å². The van der Waals surface area contributed by atoms with Crippen molar-refractivity contribution < 1.29 is 4.86 Å². The van der Waals surface area contributed by atoms with Crippen molar-refractivity contribution in [3.8, 4) is 6.19 Å². The van der Waals surface area contributed by atoms with Crippen molar-refractivity contribution >= 4 is 16.6 Å². The van der Waals surface area contributed by atoms with Gasteiger partial charge in [0.25, 0.3) is 11.9 Å². The average molecular weight is 198 g/mol. The predicted octanol–water partition coefficient (Wildman–Crippen LogP) is 2.31. The Kier molecular flexibility index (Phi) is 2.25. The molecule has 0 radical (unpaired) electrons. The minimum absolute atomic E-state index is 0.296. The third kappa shape index (κ3) is 1.60. The van der Waals surface area contributed by atoms with Crippen LogP contribution in [0.3, 0.4) is 0 Å². The van der Waals surface area contributed by atoms with E-state index in [1.807, 2.05) is 6.07 Å². The third-order valence-corrected chi connectivity index (χ3v) is 1.97. The first kappa shape index (κ1) is 9.09. The van der Waals surface area contributed by atoms with Gasteiger partial charge in [0.2, 0.25) is 0 Å². The first-order chi connectivity index (χ1) is 7.33. The summed E-state index contributed by atoms with van der Waals surface area (Å²) >= 11 is 0. The molecule has 5 heteroatoms. The summed E-state index contributed by atoms with van der Waals surface area (Å²) in [6.07, 6.45) is 2.96. The molecule has 0 saturated carbocycles. The topological polar surface area (TPSA) is 75.1 Å². The largest absolute Gasteiger partial charge is 0.593 e. The van der Waals surface area contributed by atoms with Crippen molar-refractivity contribution in [2.24, 2.45) is 5.11 Å². The molecule has 0 unspecified atom stereocenters. The number of nitrogens with zero attached hydrogens (tertiary/aromatic N) is 4. The second-order valence-corrected chi connectivity index (χ2v) is 2.82. The number of hydrogen-bond acceptors (Lipinski definition) is 4. The van der Waals surface area contributed by atoms with Gasteiger partial charge < -0.3 is 5.21 Å². The van der Waals surface area contributed by atoms with Crippen LogP contribution in [0, 0.1) is 16.7 Å². The van der Waals surface area contributed by atoms with E-state index in [9.17, 15) is 5.21 Å². The van der Waals surface area contributed by atoms with E-state index in [-0.39, 0.29) is 0 Å². The molecule has 0 spiro atoms. The fourth-order valence-corrected chi connectivity index (χ4v) is 1.34. The van der Waals surface area contributed by atoms with Gasteiger partial charge in [-0.15, -0.1) is 0 Å². The number of aromatic nitrogens is 1. The summed E-state index contributed by atoms with van der Waals surface area (Å²) in [5.41, 5.74) is 1.02. The highest BCUT2D eigenvalue weighted by Gasteiger charge is 2.09. The zero-order valence-electron chi connectivity index (χ0n) is 7.66. The molecular formula is C10H6N4O. The molecule has 0 N–H and O–H groups in total. The van der Waals surface area contributed by atoms with E-state index in [1.165, 1.54) is 18.5 Å². The molecule has 72 valence electrons. The van der Waals surface area contributed by atoms with Crippen LogP contribution >= 0.6 is 0 Å². The van der Waals surface area contributed by atoms with Crippen molar-refractivity contribution in [3.05, 3.63) is 41.7 Å². The molecule has 2 aromatic rings.